The molecule has 1 heteroatoms. The molecular weight excluding hydrogens is 645 g/mol. The van der Waals surface area contributed by atoms with Gasteiger partial charge in [0, 0.05) is 25.6 Å². The van der Waals surface area contributed by atoms with Crippen LogP contribution in [-0.4, -0.2) is 0 Å². The second-order valence-corrected chi connectivity index (χ2v) is 15.9. The van der Waals surface area contributed by atoms with Crippen molar-refractivity contribution in [2.45, 2.75) is 19.3 Å². The van der Waals surface area contributed by atoms with Gasteiger partial charge in [0.2, 0.25) is 0 Å². The Morgan fingerprint density at radius 2 is 0.981 bits per heavy atom. The molecule has 0 aliphatic heterocycles. The van der Waals surface area contributed by atoms with Gasteiger partial charge in [-0.15, -0.1) is 11.3 Å². The summed E-state index contributed by atoms with van der Waals surface area (Å²) in [6, 6.07) is 63.4. The van der Waals surface area contributed by atoms with Crippen LogP contribution in [0.15, 0.2) is 170 Å². The first-order valence-electron chi connectivity index (χ1n) is 18.2. The van der Waals surface area contributed by atoms with Crippen molar-refractivity contribution in [3.63, 3.8) is 0 Å². The molecule has 52 heavy (non-hydrogen) atoms. The summed E-state index contributed by atoms with van der Waals surface area (Å²) in [5.41, 5.74) is 13.1. The van der Waals surface area contributed by atoms with Gasteiger partial charge in [-0.3, -0.25) is 0 Å². The fraction of sp³-hybridized carbons (Fsp3) is 0.0588. The zero-order valence-electron chi connectivity index (χ0n) is 29.1. The van der Waals surface area contributed by atoms with E-state index in [4.69, 9.17) is 0 Å². The maximum atomic E-state index is 2.52. The topological polar surface area (TPSA) is 0 Å². The smallest absolute Gasteiger partial charge is 0.0365 e. The third kappa shape index (κ3) is 4.15. The van der Waals surface area contributed by atoms with E-state index < -0.39 is 0 Å². The summed E-state index contributed by atoms with van der Waals surface area (Å²) >= 11 is 1.93. The van der Waals surface area contributed by atoms with Gasteiger partial charge in [0.25, 0.3) is 0 Å². The van der Waals surface area contributed by atoms with E-state index in [9.17, 15) is 0 Å². The van der Waals surface area contributed by atoms with E-state index in [0.29, 0.717) is 0 Å². The van der Waals surface area contributed by atoms with Gasteiger partial charge in [-0.05, 0) is 112 Å². The van der Waals surface area contributed by atoms with Gasteiger partial charge in [0.1, 0.15) is 0 Å². The van der Waals surface area contributed by atoms with E-state index in [2.05, 4.69) is 184 Å². The first-order chi connectivity index (χ1) is 25.6. The summed E-state index contributed by atoms with van der Waals surface area (Å²) in [6.45, 7) is 4.85. The van der Waals surface area contributed by atoms with Crippen molar-refractivity contribution in [3.05, 3.63) is 181 Å². The first kappa shape index (κ1) is 29.7. The molecule has 1 aliphatic rings. The molecule has 0 saturated heterocycles. The highest BCUT2D eigenvalue weighted by molar-refractivity contribution is 7.25. The Balaban J connectivity index is 1.24. The van der Waals surface area contributed by atoms with Crippen molar-refractivity contribution in [1.29, 1.82) is 0 Å². The minimum atomic E-state index is -0.140. The lowest BCUT2D eigenvalue weighted by molar-refractivity contribution is 0.667. The molecule has 0 atom stereocenters. The van der Waals surface area contributed by atoms with Gasteiger partial charge in [0.05, 0.1) is 0 Å². The Morgan fingerprint density at radius 1 is 0.385 bits per heavy atom. The summed E-state index contributed by atoms with van der Waals surface area (Å²) in [7, 11) is 0. The Morgan fingerprint density at radius 3 is 1.75 bits per heavy atom. The van der Waals surface area contributed by atoms with Gasteiger partial charge in [-0.2, -0.15) is 0 Å². The van der Waals surface area contributed by atoms with Crippen LogP contribution in [0.4, 0.5) is 0 Å². The van der Waals surface area contributed by atoms with Crippen molar-refractivity contribution in [1.82, 2.24) is 0 Å². The maximum absolute atomic E-state index is 2.52. The van der Waals surface area contributed by atoms with Gasteiger partial charge < -0.3 is 0 Å². The van der Waals surface area contributed by atoms with E-state index >= 15 is 0 Å². The summed E-state index contributed by atoms with van der Waals surface area (Å²) in [5.74, 6) is 0. The van der Waals surface area contributed by atoms with Crippen LogP contribution < -0.4 is 0 Å². The molecule has 0 saturated carbocycles. The molecule has 0 fully saturated rings. The number of thiophene rings is 1. The lowest BCUT2D eigenvalue weighted by Crippen LogP contribution is -2.15. The predicted molar refractivity (Wildman–Crippen MR) is 226 cm³/mol. The highest BCUT2D eigenvalue weighted by atomic mass is 32.1. The van der Waals surface area contributed by atoms with Crippen molar-refractivity contribution < 1.29 is 0 Å². The predicted octanol–water partition coefficient (Wildman–Crippen LogP) is 14.8. The largest absolute Gasteiger partial charge is 0.135 e. The first-order valence-corrected chi connectivity index (χ1v) is 19.0. The molecule has 0 nitrogen and oxygen atoms in total. The van der Waals surface area contributed by atoms with Crippen LogP contribution >= 0.6 is 11.3 Å². The van der Waals surface area contributed by atoms with Gasteiger partial charge >= 0.3 is 0 Å². The van der Waals surface area contributed by atoms with E-state index in [1.54, 1.807) is 0 Å². The van der Waals surface area contributed by atoms with Gasteiger partial charge in [-0.1, -0.05) is 159 Å². The Kier molecular flexibility index (Phi) is 6.27. The van der Waals surface area contributed by atoms with Gasteiger partial charge in [0.15, 0.2) is 0 Å². The quantitative estimate of drug-likeness (QED) is 0.163. The van der Waals surface area contributed by atoms with Crippen LogP contribution in [-0.2, 0) is 5.41 Å². The summed E-state index contributed by atoms with van der Waals surface area (Å²) in [4.78, 5) is 0. The van der Waals surface area contributed by atoms with Crippen molar-refractivity contribution >= 4 is 63.8 Å². The van der Waals surface area contributed by atoms with Crippen molar-refractivity contribution in [2.75, 3.05) is 0 Å². The molecule has 0 bridgehead atoms. The normalized spacial score (nSPS) is 13.3. The number of hydrogen-bond donors (Lipinski definition) is 0. The fourth-order valence-electron chi connectivity index (χ4n) is 9.32. The van der Waals surface area contributed by atoms with Crippen LogP contribution in [0.1, 0.15) is 25.0 Å². The van der Waals surface area contributed by atoms with E-state index in [1.807, 2.05) is 11.3 Å². The minimum absolute atomic E-state index is 0.140. The van der Waals surface area contributed by atoms with E-state index in [1.165, 1.54) is 108 Å². The van der Waals surface area contributed by atoms with Crippen LogP contribution in [0.25, 0.3) is 97.0 Å². The summed E-state index contributed by atoms with van der Waals surface area (Å²) in [6.07, 6.45) is 0. The number of rotatable bonds is 3. The highest BCUT2D eigenvalue weighted by Crippen LogP contribution is 2.58. The molecule has 9 aromatic carbocycles. The van der Waals surface area contributed by atoms with E-state index in [0.717, 1.165) is 0 Å². The zero-order valence-corrected chi connectivity index (χ0v) is 29.9. The fourth-order valence-corrected chi connectivity index (χ4v) is 10.5. The van der Waals surface area contributed by atoms with Crippen LogP contribution in [0, 0.1) is 0 Å². The highest BCUT2D eigenvalue weighted by Gasteiger charge is 2.40. The van der Waals surface area contributed by atoms with Crippen LogP contribution in [0.5, 0.6) is 0 Å². The second kappa shape index (κ2) is 11.0. The molecule has 10 aromatic rings. The Labute approximate surface area is 307 Å². The molecule has 1 heterocycles. The monoisotopic (exact) mass is 678 g/mol. The molecule has 1 aromatic heterocycles. The van der Waals surface area contributed by atoms with Crippen LogP contribution in [0.3, 0.4) is 0 Å². The number of hydrogen-bond acceptors (Lipinski definition) is 1. The number of fused-ring (bicyclic) bond motifs is 10. The summed E-state index contributed by atoms with van der Waals surface area (Å²) in [5, 5.41) is 10.4. The van der Waals surface area contributed by atoms with Crippen molar-refractivity contribution in [3.8, 4) is 44.5 Å². The molecule has 0 N–H and O–H groups in total. The Hall–Kier alpha value is -6.02. The molecule has 11 rings (SSSR count). The maximum Gasteiger partial charge on any atom is 0.0365 e. The summed E-state index contributed by atoms with van der Waals surface area (Å²) < 4.78 is 2.70. The van der Waals surface area contributed by atoms with Crippen molar-refractivity contribution in [2.24, 2.45) is 0 Å². The zero-order chi connectivity index (χ0) is 34.6. The number of benzene rings is 9. The molecule has 0 radical (unpaired) electrons. The third-order valence-corrected chi connectivity index (χ3v) is 12.7. The molecule has 0 amide bonds. The second-order valence-electron chi connectivity index (χ2n) is 14.8. The standard InChI is InChI=1S/C51H34S/c1-51(2)43-24-11-9-22-40(43)48-42(30-45-49(50(48)51)41-23-10-12-25-44(41)52-45)47-38-20-7-5-18-36(38)46(37-19-6-8-21-39(37)47)35-17-13-16-33(29-35)34-27-26-31-14-3-4-15-32(31)28-34/h3-30H,1-2H3. The Bertz CT molecular complexity index is 3040. The third-order valence-electron chi connectivity index (χ3n) is 11.6. The molecule has 0 spiro atoms. The lowest BCUT2D eigenvalue weighted by atomic mass is 9.78. The SMILES string of the molecule is CC1(C)c2ccccc2-c2c(-c3c4ccccc4c(-c4cccc(-c5ccc6ccccc6c5)c4)c4ccccc34)cc3sc4ccccc4c3c21. The molecule has 1 aliphatic carbocycles. The average Bonchev–Trinajstić information content (AvgIpc) is 3.68. The lowest BCUT2D eigenvalue weighted by Gasteiger charge is -2.24. The van der Waals surface area contributed by atoms with Crippen LogP contribution in [0.2, 0.25) is 0 Å². The minimum Gasteiger partial charge on any atom is -0.135 e. The molecule has 244 valence electrons. The average molecular weight is 679 g/mol. The van der Waals surface area contributed by atoms with Gasteiger partial charge in [-0.25, -0.2) is 0 Å². The molecule has 0 unspecified atom stereocenters. The van der Waals surface area contributed by atoms with E-state index in [-0.39, 0.29) is 5.41 Å². The molecular formula is C51H34S.